The summed E-state index contributed by atoms with van der Waals surface area (Å²) in [7, 11) is 0. The standard InChI is InChI=1S/C20H20N4O4/c1-13-6-5-8-15(10-13)20(27)22-14(2)19(26)24-23-18(25)12-28-17-9-4-3-7-16(17)11-21/h3-10,14H,12H2,1-2H3,(H,22,27)(H,23,25)(H,24,26)/t14-/m0/s1. The van der Waals surface area contributed by atoms with Crippen molar-refractivity contribution in [3.63, 3.8) is 0 Å². The normalized spacial score (nSPS) is 10.9. The molecule has 0 spiro atoms. The van der Waals surface area contributed by atoms with Crippen LogP contribution in [0.25, 0.3) is 0 Å². The van der Waals surface area contributed by atoms with Crippen LogP contribution in [0, 0.1) is 18.3 Å². The molecule has 2 aromatic rings. The first-order chi connectivity index (χ1) is 13.4. The second-order valence-electron chi connectivity index (χ2n) is 6.00. The monoisotopic (exact) mass is 380 g/mol. The van der Waals surface area contributed by atoms with E-state index in [2.05, 4.69) is 16.2 Å². The van der Waals surface area contributed by atoms with Crippen LogP contribution in [0.2, 0.25) is 0 Å². The van der Waals surface area contributed by atoms with E-state index in [1.165, 1.54) is 6.92 Å². The lowest BCUT2D eigenvalue weighted by Crippen LogP contribution is -2.52. The summed E-state index contributed by atoms with van der Waals surface area (Å²) in [6.07, 6.45) is 0. The van der Waals surface area contributed by atoms with Gasteiger partial charge in [0.25, 0.3) is 17.7 Å². The van der Waals surface area contributed by atoms with Crippen LogP contribution in [-0.2, 0) is 9.59 Å². The smallest absolute Gasteiger partial charge is 0.276 e. The number of aryl methyl sites for hydroxylation is 1. The Labute approximate surface area is 162 Å². The molecule has 3 N–H and O–H groups in total. The Kier molecular flexibility index (Phi) is 7.11. The largest absolute Gasteiger partial charge is 0.482 e. The molecule has 3 amide bonds. The van der Waals surface area contributed by atoms with E-state index < -0.39 is 23.8 Å². The summed E-state index contributed by atoms with van der Waals surface area (Å²) in [6, 6.07) is 14.5. The van der Waals surface area contributed by atoms with Gasteiger partial charge in [0, 0.05) is 5.56 Å². The molecule has 0 aromatic heterocycles. The highest BCUT2D eigenvalue weighted by Crippen LogP contribution is 2.16. The van der Waals surface area contributed by atoms with Gasteiger partial charge in [-0.1, -0.05) is 29.8 Å². The number of nitriles is 1. The summed E-state index contributed by atoms with van der Waals surface area (Å²) in [5, 5.41) is 11.5. The number of nitrogens with zero attached hydrogens (tertiary/aromatic N) is 1. The lowest BCUT2D eigenvalue weighted by atomic mass is 10.1. The van der Waals surface area contributed by atoms with Gasteiger partial charge < -0.3 is 10.1 Å². The number of para-hydroxylation sites is 1. The number of benzene rings is 2. The average Bonchev–Trinajstić information content (AvgIpc) is 2.70. The van der Waals surface area contributed by atoms with Crippen LogP contribution in [0.5, 0.6) is 5.75 Å². The van der Waals surface area contributed by atoms with Crippen LogP contribution < -0.4 is 20.9 Å². The third-order valence-corrected chi connectivity index (χ3v) is 3.71. The Hall–Kier alpha value is -3.86. The molecular weight excluding hydrogens is 360 g/mol. The summed E-state index contributed by atoms with van der Waals surface area (Å²) in [5.74, 6) is -1.33. The van der Waals surface area contributed by atoms with E-state index in [9.17, 15) is 14.4 Å². The zero-order valence-corrected chi connectivity index (χ0v) is 15.5. The number of hydrogen-bond acceptors (Lipinski definition) is 5. The quantitative estimate of drug-likeness (QED) is 0.651. The molecular formula is C20H20N4O4. The molecule has 8 nitrogen and oxygen atoms in total. The van der Waals surface area contributed by atoms with E-state index in [0.29, 0.717) is 11.1 Å². The predicted octanol–water partition coefficient (Wildman–Crippen LogP) is 1.21. The van der Waals surface area contributed by atoms with E-state index in [1.54, 1.807) is 42.5 Å². The van der Waals surface area contributed by atoms with Crippen molar-refractivity contribution in [2.45, 2.75) is 19.9 Å². The Morgan fingerprint density at radius 1 is 1.11 bits per heavy atom. The van der Waals surface area contributed by atoms with Gasteiger partial charge in [-0.2, -0.15) is 5.26 Å². The van der Waals surface area contributed by atoms with E-state index in [-0.39, 0.29) is 12.4 Å². The zero-order chi connectivity index (χ0) is 20.5. The first-order valence-corrected chi connectivity index (χ1v) is 8.49. The number of hydrogen-bond donors (Lipinski definition) is 3. The topological polar surface area (TPSA) is 120 Å². The fourth-order valence-electron chi connectivity index (χ4n) is 2.24. The van der Waals surface area contributed by atoms with Crippen LogP contribution in [0.1, 0.15) is 28.4 Å². The molecule has 144 valence electrons. The van der Waals surface area contributed by atoms with Gasteiger partial charge in [0.15, 0.2) is 6.61 Å². The minimum Gasteiger partial charge on any atom is -0.482 e. The molecule has 0 aliphatic carbocycles. The van der Waals surface area contributed by atoms with Crippen molar-refractivity contribution in [2.24, 2.45) is 0 Å². The fourth-order valence-corrected chi connectivity index (χ4v) is 2.24. The zero-order valence-electron chi connectivity index (χ0n) is 15.5. The van der Waals surface area contributed by atoms with Crippen LogP contribution in [-0.4, -0.2) is 30.4 Å². The summed E-state index contributed by atoms with van der Waals surface area (Å²) >= 11 is 0. The molecule has 0 bridgehead atoms. The Balaban J connectivity index is 1.78. The van der Waals surface area contributed by atoms with Gasteiger partial charge in [0.05, 0.1) is 5.56 Å². The first kappa shape index (κ1) is 20.5. The van der Waals surface area contributed by atoms with Gasteiger partial charge in [-0.05, 0) is 38.1 Å². The van der Waals surface area contributed by atoms with Gasteiger partial charge in [-0.25, -0.2) is 0 Å². The summed E-state index contributed by atoms with van der Waals surface area (Å²) in [6.45, 7) is 2.97. The van der Waals surface area contributed by atoms with Gasteiger partial charge in [0.2, 0.25) is 0 Å². The number of carbonyl (C=O) groups excluding carboxylic acids is 3. The molecule has 0 saturated heterocycles. The molecule has 2 aromatic carbocycles. The molecule has 2 rings (SSSR count). The number of amides is 3. The lowest BCUT2D eigenvalue weighted by Gasteiger charge is -2.15. The highest BCUT2D eigenvalue weighted by atomic mass is 16.5. The predicted molar refractivity (Wildman–Crippen MR) is 101 cm³/mol. The molecule has 0 heterocycles. The molecule has 0 radical (unpaired) electrons. The summed E-state index contributed by atoms with van der Waals surface area (Å²) in [5.41, 5.74) is 6.07. The second kappa shape index (κ2) is 9.73. The van der Waals surface area contributed by atoms with Crippen molar-refractivity contribution in [1.29, 1.82) is 5.26 Å². The molecule has 0 aliphatic rings. The van der Waals surface area contributed by atoms with Crippen molar-refractivity contribution >= 4 is 17.7 Å². The Morgan fingerprint density at radius 2 is 1.86 bits per heavy atom. The van der Waals surface area contributed by atoms with E-state index >= 15 is 0 Å². The van der Waals surface area contributed by atoms with Gasteiger partial charge >= 0.3 is 0 Å². The number of nitrogens with one attached hydrogen (secondary N) is 3. The molecule has 0 saturated carbocycles. The minimum atomic E-state index is -0.867. The lowest BCUT2D eigenvalue weighted by molar-refractivity contribution is -0.130. The van der Waals surface area contributed by atoms with Crippen LogP contribution in [0.15, 0.2) is 48.5 Å². The van der Waals surface area contributed by atoms with Crippen molar-refractivity contribution in [3.05, 3.63) is 65.2 Å². The molecule has 8 heteroatoms. The average molecular weight is 380 g/mol. The minimum absolute atomic E-state index is 0.269. The van der Waals surface area contributed by atoms with Crippen LogP contribution >= 0.6 is 0 Å². The molecule has 0 aliphatic heterocycles. The van der Waals surface area contributed by atoms with E-state index in [4.69, 9.17) is 10.00 Å². The van der Waals surface area contributed by atoms with Crippen molar-refractivity contribution in [2.75, 3.05) is 6.61 Å². The highest BCUT2D eigenvalue weighted by Gasteiger charge is 2.17. The van der Waals surface area contributed by atoms with Crippen LogP contribution in [0.3, 0.4) is 0 Å². The maximum Gasteiger partial charge on any atom is 0.276 e. The van der Waals surface area contributed by atoms with Gasteiger partial charge in [-0.15, -0.1) is 0 Å². The molecule has 0 unspecified atom stereocenters. The molecule has 0 fully saturated rings. The SMILES string of the molecule is Cc1cccc(C(=O)N[C@@H](C)C(=O)NNC(=O)COc2ccccc2C#N)c1. The summed E-state index contributed by atoms with van der Waals surface area (Å²) < 4.78 is 5.26. The molecule has 28 heavy (non-hydrogen) atoms. The number of carbonyl (C=O) groups is 3. The fraction of sp³-hybridized carbons (Fsp3) is 0.200. The number of hydrazine groups is 1. The number of rotatable bonds is 6. The van der Waals surface area contributed by atoms with E-state index in [1.807, 2.05) is 19.1 Å². The number of ether oxygens (including phenoxy) is 1. The van der Waals surface area contributed by atoms with Crippen LogP contribution in [0.4, 0.5) is 0 Å². The molecule has 1 atom stereocenters. The van der Waals surface area contributed by atoms with E-state index in [0.717, 1.165) is 5.56 Å². The summed E-state index contributed by atoms with van der Waals surface area (Å²) in [4.78, 5) is 36.0. The van der Waals surface area contributed by atoms with Crippen molar-refractivity contribution in [1.82, 2.24) is 16.2 Å². The highest BCUT2D eigenvalue weighted by molar-refractivity contribution is 5.97. The Bertz CT molecular complexity index is 920. The van der Waals surface area contributed by atoms with Crippen molar-refractivity contribution < 1.29 is 19.1 Å². The third kappa shape index (κ3) is 5.85. The first-order valence-electron chi connectivity index (χ1n) is 8.49. The van der Waals surface area contributed by atoms with Gasteiger partial charge in [0.1, 0.15) is 17.9 Å². The van der Waals surface area contributed by atoms with Crippen molar-refractivity contribution in [3.8, 4) is 11.8 Å². The Morgan fingerprint density at radius 3 is 2.57 bits per heavy atom. The second-order valence-corrected chi connectivity index (χ2v) is 6.00. The third-order valence-electron chi connectivity index (χ3n) is 3.71. The maximum atomic E-state index is 12.1. The maximum absolute atomic E-state index is 12.1. The van der Waals surface area contributed by atoms with Gasteiger partial charge in [-0.3, -0.25) is 25.2 Å².